The van der Waals surface area contributed by atoms with E-state index in [1.165, 1.54) is 35.1 Å². The van der Waals surface area contributed by atoms with Crippen LogP contribution < -0.4 is 0 Å². The molecule has 2 nitrogen and oxygen atoms in total. The van der Waals surface area contributed by atoms with Gasteiger partial charge >= 0.3 is 0 Å². The first-order chi connectivity index (χ1) is 8.17. The second-order valence-electron chi connectivity index (χ2n) is 6.20. The zero-order valence-corrected chi connectivity index (χ0v) is 10.3. The Bertz CT molecular complexity index is 418. The Morgan fingerprint density at radius 1 is 0.647 bits per heavy atom. The molecular weight excluding hydrogens is 212 g/mol. The Morgan fingerprint density at radius 3 is 1.59 bits per heavy atom. The van der Waals surface area contributed by atoms with Gasteiger partial charge in [0.15, 0.2) is 0 Å². The Hall–Kier alpha value is -0.600. The summed E-state index contributed by atoms with van der Waals surface area (Å²) in [5.74, 6) is 0. The van der Waals surface area contributed by atoms with Crippen molar-refractivity contribution < 1.29 is 10.2 Å². The zero-order valence-electron chi connectivity index (χ0n) is 10.3. The van der Waals surface area contributed by atoms with Gasteiger partial charge in [-0.05, 0) is 80.1 Å². The quantitative estimate of drug-likeness (QED) is 0.674. The van der Waals surface area contributed by atoms with Gasteiger partial charge in [0.1, 0.15) is 11.2 Å². The molecule has 0 aromatic rings. The normalized spacial score (nSPS) is 44.1. The average molecular weight is 232 g/mol. The number of aliphatic hydroxyl groups is 2. The summed E-state index contributed by atoms with van der Waals surface area (Å²) in [6.45, 7) is 0. The molecule has 4 aliphatic carbocycles. The summed E-state index contributed by atoms with van der Waals surface area (Å²) in [7, 11) is 0. The summed E-state index contributed by atoms with van der Waals surface area (Å²) in [6.07, 6.45) is 9.09. The van der Waals surface area contributed by atoms with Crippen LogP contribution in [0.5, 0.6) is 0 Å². The highest BCUT2D eigenvalue weighted by Gasteiger charge is 2.61. The summed E-state index contributed by atoms with van der Waals surface area (Å²) in [5.41, 5.74) is 3.48. The largest absolute Gasteiger partial charge is 0.382 e. The molecule has 0 amide bonds. The third-order valence-electron chi connectivity index (χ3n) is 5.56. The van der Waals surface area contributed by atoms with E-state index in [-0.39, 0.29) is 0 Å². The van der Waals surface area contributed by atoms with Gasteiger partial charge in [-0.15, -0.1) is 0 Å². The predicted molar refractivity (Wildman–Crippen MR) is 65.5 cm³/mol. The predicted octanol–water partition coefficient (Wildman–Crippen LogP) is 2.61. The van der Waals surface area contributed by atoms with Crippen molar-refractivity contribution in [1.82, 2.24) is 0 Å². The molecule has 4 aliphatic rings. The molecule has 0 unspecified atom stereocenters. The van der Waals surface area contributed by atoms with Gasteiger partial charge in [0.05, 0.1) is 0 Å². The minimum absolute atomic E-state index is 0.763. The van der Waals surface area contributed by atoms with Gasteiger partial charge in [0, 0.05) is 0 Å². The first-order valence-electron chi connectivity index (χ1n) is 7.07. The van der Waals surface area contributed by atoms with Crippen molar-refractivity contribution >= 4 is 0 Å². The van der Waals surface area contributed by atoms with Crippen LogP contribution in [0, 0.1) is 0 Å². The van der Waals surface area contributed by atoms with Crippen molar-refractivity contribution in [3.8, 4) is 0 Å². The molecule has 0 heterocycles. The van der Waals surface area contributed by atoms with E-state index >= 15 is 0 Å². The Labute approximate surface area is 102 Å². The molecule has 0 saturated heterocycles. The van der Waals surface area contributed by atoms with Crippen molar-refractivity contribution in [2.75, 3.05) is 0 Å². The molecule has 0 spiro atoms. The minimum Gasteiger partial charge on any atom is -0.382 e. The van der Waals surface area contributed by atoms with Crippen molar-refractivity contribution in [1.29, 1.82) is 0 Å². The number of fused-ring (bicyclic) bond motifs is 4. The Kier molecular flexibility index (Phi) is 1.85. The second-order valence-corrected chi connectivity index (χ2v) is 6.20. The van der Waals surface area contributed by atoms with E-state index in [1.807, 2.05) is 0 Å². The highest BCUT2D eigenvalue weighted by atomic mass is 16.4. The number of allylic oxidation sites excluding steroid dienone is 2. The maximum Gasteiger partial charge on any atom is 0.119 e. The number of rotatable bonds is 0. The number of hydrogen-bond acceptors (Lipinski definition) is 2. The molecule has 0 aromatic carbocycles. The van der Waals surface area contributed by atoms with Gasteiger partial charge in [-0.2, -0.15) is 0 Å². The van der Waals surface area contributed by atoms with Crippen LogP contribution in [0.2, 0.25) is 0 Å². The first-order valence-corrected chi connectivity index (χ1v) is 7.07. The van der Waals surface area contributed by atoms with E-state index < -0.39 is 11.2 Å². The maximum absolute atomic E-state index is 11.0. The van der Waals surface area contributed by atoms with E-state index in [1.54, 1.807) is 0 Å². The molecule has 1 fully saturated rings. The topological polar surface area (TPSA) is 40.5 Å². The Morgan fingerprint density at radius 2 is 1.12 bits per heavy atom. The van der Waals surface area contributed by atoms with Gasteiger partial charge in [-0.1, -0.05) is 0 Å². The van der Waals surface area contributed by atoms with Gasteiger partial charge in [0.25, 0.3) is 0 Å². The molecule has 0 aromatic heterocycles. The van der Waals surface area contributed by atoms with E-state index in [0.29, 0.717) is 0 Å². The van der Waals surface area contributed by atoms with Crippen LogP contribution in [-0.4, -0.2) is 21.4 Å². The van der Waals surface area contributed by atoms with Crippen molar-refractivity contribution in [3.05, 3.63) is 22.3 Å². The molecule has 1 saturated carbocycles. The minimum atomic E-state index is -0.901. The lowest BCUT2D eigenvalue weighted by atomic mass is 9.68. The van der Waals surface area contributed by atoms with E-state index in [9.17, 15) is 10.2 Å². The SMILES string of the molecule is O[C@@]12CCC[C@]1(O)C1=C(CCC1)C1=C2CCC1. The summed E-state index contributed by atoms with van der Waals surface area (Å²) < 4.78 is 0. The van der Waals surface area contributed by atoms with Crippen molar-refractivity contribution in [2.45, 2.75) is 69.0 Å². The van der Waals surface area contributed by atoms with Crippen molar-refractivity contribution in [2.24, 2.45) is 0 Å². The third kappa shape index (κ3) is 1.01. The third-order valence-corrected chi connectivity index (χ3v) is 5.56. The summed E-state index contributed by atoms with van der Waals surface area (Å²) in [4.78, 5) is 0. The smallest absolute Gasteiger partial charge is 0.119 e. The molecule has 0 aliphatic heterocycles. The van der Waals surface area contributed by atoms with Gasteiger partial charge in [-0.25, -0.2) is 0 Å². The summed E-state index contributed by atoms with van der Waals surface area (Å²) in [5, 5.41) is 22.1. The van der Waals surface area contributed by atoms with Crippen LogP contribution >= 0.6 is 0 Å². The van der Waals surface area contributed by atoms with E-state index in [0.717, 1.165) is 44.9 Å². The molecule has 2 atom stereocenters. The van der Waals surface area contributed by atoms with Crippen LogP contribution in [0.25, 0.3) is 0 Å². The summed E-state index contributed by atoms with van der Waals surface area (Å²) >= 11 is 0. The van der Waals surface area contributed by atoms with Gasteiger partial charge < -0.3 is 10.2 Å². The first kappa shape index (κ1) is 10.3. The zero-order chi connectivity index (χ0) is 11.7. The van der Waals surface area contributed by atoms with Crippen LogP contribution in [0.1, 0.15) is 57.8 Å². The molecule has 17 heavy (non-hydrogen) atoms. The van der Waals surface area contributed by atoms with Crippen molar-refractivity contribution in [3.63, 3.8) is 0 Å². The lowest BCUT2D eigenvalue weighted by Gasteiger charge is -2.45. The molecule has 2 heteroatoms. The fourth-order valence-electron chi connectivity index (χ4n) is 4.88. The standard InChI is InChI=1S/C15H20O2/c16-14-8-3-9-15(14,17)13-7-2-5-11(13)10-4-1-6-12(10)14/h16-17H,1-9H2/t14-,15+. The fourth-order valence-corrected chi connectivity index (χ4v) is 4.88. The monoisotopic (exact) mass is 232 g/mol. The maximum atomic E-state index is 11.0. The van der Waals surface area contributed by atoms with E-state index in [2.05, 4.69) is 0 Å². The van der Waals surface area contributed by atoms with Gasteiger partial charge in [-0.3, -0.25) is 0 Å². The summed E-state index contributed by atoms with van der Waals surface area (Å²) in [6, 6.07) is 0. The second kappa shape index (κ2) is 3.04. The number of hydrogen-bond donors (Lipinski definition) is 2. The van der Waals surface area contributed by atoms with E-state index in [4.69, 9.17) is 0 Å². The lowest BCUT2D eigenvalue weighted by Crippen LogP contribution is -2.54. The molecule has 92 valence electrons. The fraction of sp³-hybridized carbons (Fsp3) is 0.733. The lowest BCUT2D eigenvalue weighted by molar-refractivity contribution is -0.0881. The highest BCUT2D eigenvalue weighted by molar-refractivity contribution is 5.57. The van der Waals surface area contributed by atoms with Crippen LogP contribution in [0.3, 0.4) is 0 Å². The molecule has 0 radical (unpaired) electrons. The van der Waals surface area contributed by atoms with Crippen LogP contribution in [0.15, 0.2) is 22.3 Å². The van der Waals surface area contributed by atoms with Crippen LogP contribution in [-0.2, 0) is 0 Å². The Balaban J connectivity index is 1.98. The molecule has 4 rings (SSSR count). The molecular formula is C15H20O2. The van der Waals surface area contributed by atoms with Crippen LogP contribution in [0.4, 0.5) is 0 Å². The molecule has 2 N–H and O–H groups in total. The highest BCUT2D eigenvalue weighted by Crippen LogP contribution is 2.60. The van der Waals surface area contributed by atoms with Gasteiger partial charge in [0.2, 0.25) is 0 Å². The molecule has 0 bridgehead atoms. The average Bonchev–Trinajstić information content (AvgIpc) is 2.97.